The molecule has 1 aliphatic heterocycles. The topological polar surface area (TPSA) is 87.0 Å². The number of quaternary nitrogens is 1. The third-order valence-corrected chi connectivity index (χ3v) is 5.31. The van der Waals surface area contributed by atoms with Crippen LogP contribution in [0, 0.1) is 5.92 Å². The van der Waals surface area contributed by atoms with Crippen LogP contribution in [0.25, 0.3) is 5.76 Å². The summed E-state index contributed by atoms with van der Waals surface area (Å²) in [4.78, 5) is 32.7. The molecule has 32 heavy (non-hydrogen) atoms. The van der Waals surface area contributed by atoms with E-state index in [1.54, 1.807) is 48.8 Å². The maximum Gasteiger partial charge on any atom is 0.295 e. The van der Waals surface area contributed by atoms with Crippen molar-refractivity contribution < 1.29 is 24.3 Å². The first-order valence-corrected chi connectivity index (χ1v) is 11.0. The SMILES string of the molecule is CC(C)COc1ccc(C([O-])=C2C(=O)C(=O)N(CCC[NH+](C)C)C2c2cccnc2)cc1. The van der Waals surface area contributed by atoms with E-state index in [-0.39, 0.29) is 5.57 Å². The standard InChI is InChI=1S/C25H31N3O4/c1-17(2)16-32-20-10-8-18(9-11-20)23(29)21-22(19-7-5-12-26-15-19)28(25(31)24(21)30)14-6-13-27(3)4/h5,7-12,15,17,22,29H,6,13-14,16H2,1-4H3. The molecular weight excluding hydrogens is 406 g/mol. The van der Waals surface area contributed by atoms with E-state index in [1.165, 1.54) is 9.80 Å². The van der Waals surface area contributed by atoms with Crippen molar-refractivity contribution in [3.8, 4) is 5.75 Å². The molecule has 3 rings (SSSR count). The molecule has 0 spiro atoms. The molecule has 0 radical (unpaired) electrons. The lowest BCUT2D eigenvalue weighted by atomic mass is 9.96. The van der Waals surface area contributed by atoms with Gasteiger partial charge >= 0.3 is 0 Å². The van der Waals surface area contributed by atoms with Gasteiger partial charge in [0.1, 0.15) is 5.75 Å². The van der Waals surface area contributed by atoms with E-state index in [0.717, 1.165) is 13.0 Å². The van der Waals surface area contributed by atoms with Gasteiger partial charge in [-0.25, -0.2) is 0 Å². The Hall–Kier alpha value is -3.19. The minimum atomic E-state index is -0.735. The predicted octanol–water partition coefficient (Wildman–Crippen LogP) is 0.875. The van der Waals surface area contributed by atoms with Crippen LogP contribution in [0.5, 0.6) is 5.75 Å². The Morgan fingerprint density at radius 3 is 2.50 bits per heavy atom. The Bertz CT molecular complexity index is 968. The van der Waals surface area contributed by atoms with Gasteiger partial charge in [0.15, 0.2) is 0 Å². The molecule has 7 heteroatoms. The summed E-state index contributed by atoms with van der Waals surface area (Å²) in [6, 6.07) is 9.52. The van der Waals surface area contributed by atoms with Gasteiger partial charge in [0.2, 0.25) is 5.78 Å². The Labute approximate surface area is 189 Å². The Morgan fingerprint density at radius 2 is 1.91 bits per heavy atom. The van der Waals surface area contributed by atoms with E-state index in [4.69, 9.17) is 4.74 Å². The molecule has 1 atom stereocenters. The van der Waals surface area contributed by atoms with Gasteiger partial charge < -0.3 is 19.6 Å². The van der Waals surface area contributed by atoms with Crippen LogP contribution < -0.4 is 14.7 Å². The van der Waals surface area contributed by atoms with E-state index in [1.807, 2.05) is 14.1 Å². The van der Waals surface area contributed by atoms with E-state index in [2.05, 4.69) is 18.8 Å². The number of nitrogens with zero attached hydrogens (tertiary/aromatic N) is 2. The number of rotatable bonds is 9. The third-order valence-electron chi connectivity index (χ3n) is 5.31. The first kappa shape index (κ1) is 23.5. The first-order valence-electron chi connectivity index (χ1n) is 11.0. The van der Waals surface area contributed by atoms with Crippen molar-refractivity contribution in [3.63, 3.8) is 0 Å². The minimum absolute atomic E-state index is 0.0175. The molecule has 1 aliphatic rings. The van der Waals surface area contributed by atoms with Crippen molar-refractivity contribution in [2.45, 2.75) is 26.3 Å². The zero-order chi connectivity index (χ0) is 23.3. The number of hydrogen-bond acceptors (Lipinski definition) is 5. The summed E-state index contributed by atoms with van der Waals surface area (Å²) in [5.74, 6) is -0.762. The number of nitrogens with one attached hydrogen (secondary N) is 1. The summed E-state index contributed by atoms with van der Waals surface area (Å²) in [6.45, 7) is 5.93. The largest absolute Gasteiger partial charge is 0.872 e. The Balaban J connectivity index is 1.96. The molecule has 1 aromatic heterocycles. The number of amides is 1. The number of ketones is 1. The maximum atomic E-state index is 13.4. The van der Waals surface area contributed by atoms with Crippen molar-refractivity contribution in [3.05, 3.63) is 65.5 Å². The van der Waals surface area contributed by atoms with E-state index < -0.39 is 23.5 Å². The van der Waals surface area contributed by atoms with Gasteiger partial charge in [-0.3, -0.25) is 14.6 Å². The summed E-state index contributed by atoms with van der Waals surface area (Å²) in [6.07, 6.45) is 3.96. The fourth-order valence-corrected chi connectivity index (χ4v) is 3.71. The van der Waals surface area contributed by atoms with Gasteiger partial charge in [0.25, 0.3) is 5.91 Å². The number of aromatic nitrogens is 1. The number of pyridine rings is 1. The Morgan fingerprint density at radius 1 is 1.19 bits per heavy atom. The molecule has 1 unspecified atom stereocenters. The molecule has 7 nitrogen and oxygen atoms in total. The second-order valence-corrected chi connectivity index (χ2v) is 8.80. The molecule has 1 fully saturated rings. The molecule has 2 aromatic rings. The third kappa shape index (κ3) is 5.34. The van der Waals surface area contributed by atoms with Gasteiger partial charge in [-0.1, -0.05) is 37.8 Å². The average molecular weight is 438 g/mol. The quantitative estimate of drug-likeness (QED) is 0.358. The smallest absolute Gasteiger partial charge is 0.295 e. The molecule has 2 heterocycles. The number of likely N-dealkylation sites (tertiary alicyclic amines) is 1. The number of benzene rings is 1. The average Bonchev–Trinajstić information content (AvgIpc) is 3.03. The van der Waals surface area contributed by atoms with Crippen molar-refractivity contribution in [2.24, 2.45) is 5.92 Å². The summed E-state index contributed by atoms with van der Waals surface area (Å²) in [5, 5.41) is 13.4. The van der Waals surface area contributed by atoms with Crippen LogP contribution >= 0.6 is 0 Å². The van der Waals surface area contributed by atoms with Crippen LogP contribution in [0.15, 0.2) is 54.4 Å². The lowest BCUT2D eigenvalue weighted by Gasteiger charge is -2.27. The van der Waals surface area contributed by atoms with Gasteiger partial charge in [-0.05, 0) is 35.2 Å². The summed E-state index contributed by atoms with van der Waals surface area (Å²) in [5.41, 5.74) is 0.992. The minimum Gasteiger partial charge on any atom is -0.872 e. The van der Waals surface area contributed by atoms with Gasteiger partial charge in [0.05, 0.1) is 33.3 Å². The first-order chi connectivity index (χ1) is 15.3. The molecule has 1 aromatic carbocycles. The van der Waals surface area contributed by atoms with E-state index in [9.17, 15) is 14.7 Å². The molecule has 1 N–H and O–H groups in total. The summed E-state index contributed by atoms with van der Waals surface area (Å²) < 4.78 is 5.68. The zero-order valence-electron chi connectivity index (χ0n) is 19.1. The highest BCUT2D eigenvalue weighted by Crippen LogP contribution is 2.38. The number of Topliss-reactive ketones (excluding diaryl/α,β-unsaturated/α-hetero) is 1. The summed E-state index contributed by atoms with van der Waals surface area (Å²) in [7, 11) is 4.07. The maximum absolute atomic E-state index is 13.4. The second-order valence-electron chi connectivity index (χ2n) is 8.80. The number of hydrogen-bond donors (Lipinski definition) is 1. The lowest BCUT2D eigenvalue weighted by Crippen LogP contribution is -3.05. The molecule has 1 saturated heterocycles. The molecule has 0 saturated carbocycles. The van der Waals surface area contributed by atoms with Gasteiger partial charge in [-0.2, -0.15) is 0 Å². The lowest BCUT2D eigenvalue weighted by molar-refractivity contribution is -0.858. The van der Waals surface area contributed by atoms with Crippen molar-refractivity contribution >= 4 is 17.4 Å². The van der Waals surface area contributed by atoms with Crippen LogP contribution in [0.4, 0.5) is 0 Å². The molecule has 170 valence electrons. The molecule has 0 bridgehead atoms. The van der Waals surface area contributed by atoms with Crippen LogP contribution in [-0.2, 0) is 9.59 Å². The highest BCUT2D eigenvalue weighted by molar-refractivity contribution is 6.46. The van der Waals surface area contributed by atoms with Crippen LogP contribution in [0.3, 0.4) is 0 Å². The molecular formula is C25H31N3O4. The predicted molar refractivity (Wildman–Crippen MR) is 120 cm³/mol. The molecule has 1 amide bonds. The van der Waals surface area contributed by atoms with Crippen LogP contribution in [0.1, 0.15) is 37.4 Å². The van der Waals surface area contributed by atoms with Gasteiger partial charge in [0, 0.05) is 30.9 Å². The fraction of sp³-hybridized carbons (Fsp3) is 0.400. The Kier molecular flexibility index (Phi) is 7.64. The monoisotopic (exact) mass is 437 g/mol. The highest BCUT2D eigenvalue weighted by Gasteiger charge is 2.44. The van der Waals surface area contributed by atoms with E-state index >= 15 is 0 Å². The van der Waals surface area contributed by atoms with Crippen LogP contribution in [-0.4, -0.2) is 55.4 Å². The number of ether oxygens (including phenoxy) is 1. The number of carbonyl (C=O) groups excluding carboxylic acids is 2. The summed E-state index contributed by atoms with van der Waals surface area (Å²) >= 11 is 0. The zero-order valence-corrected chi connectivity index (χ0v) is 19.1. The van der Waals surface area contributed by atoms with Crippen molar-refractivity contribution in [1.29, 1.82) is 0 Å². The van der Waals surface area contributed by atoms with Gasteiger partial charge in [-0.15, -0.1) is 0 Å². The fourth-order valence-electron chi connectivity index (χ4n) is 3.71. The normalized spacial score (nSPS) is 18.1. The molecule has 0 aliphatic carbocycles. The van der Waals surface area contributed by atoms with E-state index in [0.29, 0.717) is 35.9 Å². The second kappa shape index (κ2) is 10.4. The van der Waals surface area contributed by atoms with Crippen molar-refractivity contribution in [1.82, 2.24) is 9.88 Å². The highest BCUT2D eigenvalue weighted by atomic mass is 16.5. The number of carbonyl (C=O) groups is 2. The van der Waals surface area contributed by atoms with Crippen LogP contribution in [0.2, 0.25) is 0 Å². The van der Waals surface area contributed by atoms with Crippen molar-refractivity contribution in [2.75, 3.05) is 33.8 Å².